The molecular weight excluding hydrogens is 381 g/mol. The number of carbonyl (C=O) groups excluding carboxylic acids is 1. The second-order valence-corrected chi connectivity index (χ2v) is 7.71. The van der Waals surface area contributed by atoms with Crippen LogP contribution in [0.15, 0.2) is 54.9 Å². The predicted octanol–water partition coefficient (Wildman–Crippen LogP) is 3.76. The van der Waals surface area contributed by atoms with Crippen LogP contribution in [0.5, 0.6) is 0 Å². The monoisotopic (exact) mass is 405 g/mol. The Hall–Kier alpha value is -3.35. The molecule has 154 valence electrons. The maximum Gasteiger partial charge on any atom is 0.253 e. The van der Waals surface area contributed by atoms with Crippen LogP contribution in [0.2, 0.25) is 0 Å². The van der Waals surface area contributed by atoms with Crippen LogP contribution >= 0.6 is 0 Å². The normalized spacial score (nSPS) is 16.4. The molecule has 3 aromatic rings. The molecule has 1 fully saturated rings. The molecule has 1 saturated heterocycles. The molecular formula is C23H24FN5O. The van der Waals surface area contributed by atoms with E-state index in [9.17, 15) is 9.18 Å². The molecule has 0 N–H and O–H groups in total. The van der Waals surface area contributed by atoms with Crippen molar-refractivity contribution in [1.82, 2.24) is 19.9 Å². The standard InChI is InChI=1S/C23H24FN5O/c1-28(2)21-13-20(26-22(27-21)17-7-4-10-25-14-17)18-8-5-11-29(15-18)23(30)16-6-3-9-19(24)12-16/h3-4,6-7,9-10,12-14,18H,5,8,11,15H2,1-2H3/t18-/m0/s1. The molecule has 0 spiro atoms. The van der Waals surface area contributed by atoms with Gasteiger partial charge in [0.2, 0.25) is 0 Å². The van der Waals surface area contributed by atoms with Crippen LogP contribution in [0.4, 0.5) is 10.2 Å². The van der Waals surface area contributed by atoms with Crippen molar-refractivity contribution in [2.75, 3.05) is 32.1 Å². The lowest BCUT2D eigenvalue weighted by Gasteiger charge is -2.33. The maximum atomic E-state index is 13.6. The molecule has 30 heavy (non-hydrogen) atoms. The third-order valence-corrected chi connectivity index (χ3v) is 5.31. The smallest absolute Gasteiger partial charge is 0.253 e. The van der Waals surface area contributed by atoms with E-state index in [-0.39, 0.29) is 11.8 Å². The highest BCUT2D eigenvalue weighted by Crippen LogP contribution is 2.30. The van der Waals surface area contributed by atoms with E-state index in [4.69, 9.17) is 4.98 Å². The first kappa shape index (κ1) is 19.9. The van der Waals surface area contributed by atoms with Crippen molar-refractivity contribution < 1.29 is 9.18 Å². The number of carbonyl (C=O) groups is 1. The van der Waals surface area contributed by atoms with E-state index >= 15 is 0 Å². The SMILES string of the molecule is CN(C)c1cc([C@H]2CCCN(C(=O)c3cccc(F)c3)C2)nc(-c2cccnc2)n1. The topological polar surface area (TPSA) is 62.2 Å². The van der Waals surface area contributed by atoms with Gasteiger partial charge in [-0.1, -0.05) is 6.07 Å². The van der Waals surface area contributed by atoms with Gasteiger partial charge in [-0.3, -0.25) is 9.78 Å². The van der Waals surface area contributed by atoms with E-state index in [1.165, 1.54) is 12.1 Å². The van der Waals surface area contributed by atoms with Crippen molar-refractivity contribution in [2.45, 2.75) is 18.8 Å². The van der Waals surface area contributed by atoms with E-state index in [0.717, 1.165) is 29.9 Å². The second-order valence-electron chi connectivity index (χ2n) is 7.71. The van der Waals surface area contributed by atoms with Gasteiger partial charge in [0, 0.05) is 62.7 Å². The molecule has 1 amide bonds. The molecule has 1 aliphatic rings. The van der Waals surface area contributed by atoms with E-state index in [2.05, 4.69) is 9.97 Å². The van der Waals surface area contributed by atoms with Crippen molar-refractivity contribution in [3.05, 3.63) is 71.9 Å². The summed E-state index contributed by atoms with van der Waals surface area (Å²) in [5, 5.41) is 0. The van der Waals surface area contributed by atoms with Gasteiger partial charge in [-0.05, 0) is 43.2 Å². The number of nitrogens with zero attached hydrogens (tertiary/aromatic N) is 5. The highest BCUT2D eigenvalue weighted by atomic mass is 19.1. The quantitative estimate of drug-likeness (QED) is 0.661. The number of aromatic nitrogens is 3. The Morgan fingerprint density at radius 3 is 2.77 bits per heavy atom. The van der Waals surface area contributed by atoms with E-state index in [1.807, 2.05) is 37.2 Å². The third kappa shape index (κ3) is 4.30. The van der Waals surface area contributed by atoms with Crippen LogP contribution in [-0.2, 0) is 0 Å². The Kier molecular flexibility index (Phi) is 5.70. The molecule has 0 unspecified atom stereocenters. The van der Waals surface area contributed by atoms with E-state index in [0.29, 0.717) is 24.5 Å². The Balaban J connectivity index is 1.63. The van der Waals surface area contributed by atoms with Crippen LogP contribution in [-0.4, -0.2) is 52.9 Å². The number of rotatable bonds is 4. The summed E-state index contributed by atoms with van der Waals surface area (Å²) in [7, 11) is 3.89. The minimum absolute atomic E-state index is 0.0911. The van der Waals surface area contributed by atoms with Gasteiger partial charge in [0.15, 0.2) is 5.82 Å². The van der Waals surface area contributed by atoms with Gasteiger partial charge in [0.25, 0.3) is 5.91 Å². The minimum Gasteiger partial charge on any atom is -0.363 e. The molecule has 0 aliphatic carbocycles. The number of amides is 1. The number of benzene rings is 1. The molecule has 0 bridgehead atoms. The summed E-state index contributed by atoms with van der Waals surface area (Å²) in [4.78, 5) is 30.3. The van der Waals surface area contributed by atoms with Gasteiger partial charge < -0.3 is 9.80 Å². The lowest BCUT2D eigenvalue weighted by atomic mass is 9.93. The number of piperidine rings is 1. The highest BCUT2D eigenvalue weighted by Gasteiger charge is 2.27. The number of pyridine rings is 1. The molecule has 3 heterocycles. The molecule has 4 rings (SSSR count). The van der Waals surface area contributed by atoms with Gasteiger partial charge in [-0.15, -0.1) is 0 Å². The molecule has 7 heteroatoms. The fourth-order valence-corrected chi connectivity index (χ4v) is 3.72. The Labute approximate surface area is 175 Å². The van der Waals surface area contributed by atoms with Crippen LogP contribution in [0.25, 0.3) is 11.4 Å². The average Bonchev–Trinajstić information content (AvgIpc) is 2.79. The highest BCUT2D eigenvalue weighted by molar-refractivity contribution is 5.94. The number of likely N-dealkylation sites (tertiary alicyclic amines) is 1. The lowest BCUT2D eigenvalue weighted by molar-refractivity contribution is 0.0705. The predicted molar refractivity (Wildman–Crippen MR) is 114 cm³/mol. The first-order chi connectivity index (χ1) is 14.5. The van der Waals surface area contributed by atoms with Gasteiger partial charge >= 0.3 is 0 Å². The zero-order chi connectivity index (χ0) is 21.1. The lowest BCUT2D eigenvalue weighted by Crippen LogP contribution is -2.39. The molecule has 0 saturated carbocycles. The number of hydrogen-bond acceptors (Lipinski definition) is 5. The summed E-state index contributed by atoms with van der Waals surface area (Å²) < 4.78 is 13.6. The zero-order valence-corrected chi connectivity index (χ0v) is 17.1. The van der Waals surface area contributed by atoms with Crippen LogP contribution < -0.4 is 4.90 Å². The molecule has 2 aromatic heterocycles. The zero-order valence-electron chi connectivity index (χ0n) is 17.1. The fourth-order valence-electron chi connectivity index (χ4n) is 3.72. The Morgan fingerprint density at radius 2 is 2.03 bits per heavy atom. The summed E-state index contributed by atoms with van der Waals surface area (Å²) in [6.45, 7) is 1.21. The summed E-state index contributed by atoms with van der Waals surface area (Å²) >= 11 is 0. The number of halogens is 1. The van der Waals surface area contributed by atoms with Crippen LogP contribution in [0.3, 0.4) is 0 Å². The molecule has 6 nitrogen and oxygen atoms in total. The second kappa shape index (κ2) is 8.57. The van der Waals surface area contributed by atoms with E-state index in [1.54, 1.807) is 29.4 Å². The van der Waals surface area contributed by atoms with Gasteiger partial charge in [-0.25, -0.2) is 14.4 Å². The van der Waals surface area contributed by atoms with Gasteiger partial charge in [0.1, 0.15) is 11.6 Å². The minimum atomic E-state index is -0.401. The van der Waals surface area contributed by atoms with Crippen molar-refractivity contribution in [1.29, 1.82) is 0 Å². The largest absolute Gasteiger partial charge is 0.363 e. The van der Waals surface area contributed by atoms with Crippen molar-refractivity contribution in [3.8, 4) is 11.4 Å². The summed E-state index contributed by atoms with van der Waals surface area (Å²) in [6.07, 6.45) is 5.27. The van der Waals surface area contributed by atoms with Crippen LogP contribution in [0.1, 0.15) is 34.8 Å². The summed E-state index contributed by atoms with van der Waals surface area (Å²) in [6, 6.07) is 11.6. The Bertz CT molecular complexity index is 1040. The maximum absolute atomic E-state index is 13.6. The van der Waals surface area contributed by atoms with Crippen LogP contribution in [0, 0.1) is 5.82 Å². The van der Waals surface area contributed by atoms with Gasteiger partial charge in [0.05, 0.1) is 5.69 Å². The number of hydrogen-bond donors (Lipinski definition) is 0. The number of anilines is 1. The summed E-state index contributed by atoms with van der Waals surface area (Å²) in [5.74, 6) is 0.981. The van der Waals surface area contributed by atoms with E-state index < -0.39 is 5.82 Å². The average molecular weight is 405 g/mol. The van der Waals surface area contributed by atoms with Crippen molar-refractivity contribution >= 4 is 11.7 Å². The first-order valence-electron chi connectivity index (χ1n) is 10.0. The fraction of sp³-hybridized carbons (Fsp3) is 0.304. The third-order valence-electron chi connectivity index (χ3n) is 5.31. The molecule has 1 atom stereocenters. The molecule has 1 aliphatic heterocycles. The van der Waals surface area contributed by atoms with Crippen molar-refractivity contribution in [3.63, 3.8) is 0 Å². The molecule has 1 aromatic carbocycles. The Morgan fingerprint density at radius 1 is 1.17 bits per heavy atom. The first-order valence-corrected chi connectivity index (χ1v) is 10.0. The van der Waals surface area contributed by atoms with Crippen molar-refractivity contribution in [2.24, 2.45) is 0 Å². The molecule has 0 radical (unpaired) electrons. The van der Waals surface area contributed by atoms with Gasteiger partial charge in [-0.2, -0.15) is 0 Å². The summed E-state index contributed by atoms with van der Waals surface area (Å²) in [5.41, 5.74) is 2.14.